The molecule has 0 atom stereocenters. The maximum atomic E-state index is 5.48. The van der Waals surface area contributed by atoms with E-state index in [0.717, 1.165) is 30.8 Å². The average Bonchev–Trinajstić information content (AvgIpc) is 2.44. The first-order valence-corrected chi connectivity index (χ1v) is 7.85. The van der Waals surface area contributed by atoms with Crippen LogP contribution in [0.1, 0.15) is 38.1 Å². The third-order valence-corrected chi connectivity index (χ3v) is 5.28. The molecule has 0 aliphatic rings. The second kappa shape index (κ2) is 6.96. The number of anilines is 2. The Balaban J connectivity index is 2.91. The second-order valence-electron chi connectivity index (χ2n) is 4.69. The summed E-state index contributed by atoms with van der Waals surface area (Å²) in [5.74, 6) is 7.73. The number of hydrogen-bond donors (Lipinski definition) is 3. The Morgan fingerprint density at radius 3 is 2.21 bits per heavy atom. The molecule has 1 aromatic heterocycles. The highest BCUT2D eigenvalue weighted by Gasteiger charge is 2.25. The van der Waals surface area contributed by atoms with Crippen molar-refractivity contribution in [3.8, 4) is 0 Å². The van der Waals surface area contributed by atoms with Crippen LogP contribution < -0.4 is 16.6 Å². The van der Waals surface area contributed by atoms with Gasteiger partial charge in [0.25, 0.3) is 0 Å². The van der Waals surface area contributed by atoms with E-state index in [9.17, 15) is 0 Å². The molecular formula is C13H25N5S. The van der Waals surface area contributed by atoms with Crippen molar-refractivity contribution in [1.29, 1.82) is 0 Å². The highest BCUT2D eigenvalue weighted by Crippen LogP contribution is 2.31. The predicted molar refractivity (Wildman–Crippen MR) is 84.6 cm³/mol. The summed E-state index contributed by atoms with van der Waals surface area (Å²) >= 11 is 1.91. The number of nitrogens with zero attached hydrogens (tertiary/aromatic N) is 2. The summed E-state index contributed by atoms with van der Waals surface area (Å²) in [5.41, 5.74) is 3.57. The smallest absolute Gasteiger partial charge is 0.148 e. The number of hydrogen-bond acceptors (Lipinski definition) is 6. The first-order valence-electron chi connectivity index (χ1n) is 6.62. The van der Waals surface area contributed by atoms with Gasteiger partial charge in [-0.25, -0.2) is 15.8 Å². The first kappa shape index (κ1) is 16.0. The zero-order valence-corrected chi connectivity index (χ0v) is 13.3. The van der Waals surface area contributed by atoms with Gasteiger partial charge in [-0.2, -0.15) is 11.8 Å². The maximum absolute atomic E-state index is 5.48. The number of aromatic nitrogens is 2. The number of thioether (sulfide) groups is 1. The molecule has 0 saturated heterocycles. The normalized spacial score (nSPS) is 11.5. The number of rotatable bonds is 7. The minimum absolute atomic E-state index is 0.252. The topological polar surface area (TPSA) is 75.9 Å². The number of aryl methyl sites for hydroxylation is 1. The Labute approximate surface area is 120 Å². The van der Waals surface area contributed by atoms with E-state index in [1.807, 2.05) is 25.6 Å². The van der Waals surface area contributed by atoms with Crippen LogP contribution >= 0.6 is 11.8 Å². The molecule has 0 unspecified atom stereocenters. The number of nitrogens with one attached hydrogen (secondary N) is 2. The molecule has 0 aliphatic carbocycles. The predicted octanol–water partition coefficient (Wildman–Crippen LogP) is 2.71. The molecule has 1 heterocycles. The molecule has 1 aromatic rings. The van der Waals surface area contributed by atoms with E-state index in [-0.39, 0.29) is 4.75 Å². The molecule has 4 N–H and O–H groups in total. The Kier molecular flexibility index (Phi) is 5.87. The number of nitrogen functional groups attached to an aromatic ring is 1. The van der Waals surface area contributed by atoms with Crippen LogP contribution in [0.15, 0.2) is 0 Å². The van der Waals surface area contributed by atoms with Crippen LogP contribution in [0.3, 0.4) is 0 Å². The SMILES string of the molecule is CCC(CC)(CNc1nc(C)nc(NN)c1C)SC. The van der Waals surface area contributed by atoms with Crippen LogP contribution in [-0.2, 0) is 0 Å². The minimum Gasteiger partial charge on any atom is -0.368 e. The zero-order chi connectivity index (χ0) is 14.5. The van der Waals surface area contributed by atoms with E-state index in [2.05, 4.69) is 40.8 Å². The van der Waals surface area contributed by atoms with Crippen LogP contribution in [0.5, 0.6) is 0 Å². The van der Waals surface area contributed by atoms with Gasteiger partial charge < -0.3 is 10.7 Å². The molecule has 0 spiro atoms. The summed E-state index contributed by atoms with van der Waals surface area (Å²) in [7, 11) is 0. The quantitative estimate of drug-likeness (QED) is 0.528. The summed E-state index contributed by atoms with van der Waals surface area (Å²) in [6.45, 7) is 9.18. The Hall–Kier alpha value is -1.01. The van der Waals surface area contributed by atoms with Crippen molar-refractivity contribution < 1.29 is 0 Å². The van der Waals surface area contributed by atoms with Gasteiger partial charge in [0.15, 0.2) is 0 Å². The lowest BCUT2D eigenvalue weighted by Crippen LogP contribution is -2.32. The summed E-state index contributed by atoms with van der Waals surface area (Å²) in [6.07, 6.45) is 4.42. The highest BCUT2D eigenvalue weighted by atomic mass is 32.2. The molecule has 0 fully saturated rings. The summed E-state index contributed by atoms with van der Waals surface area (Å²) in [4.78, 5) is 8.72. The second-order valence-corrected chi connectivity index (χ2v) is 5.96. The van der Waals surface area contributed by atoms with Gasteiger partial charge in [-0.3, -0.25) is 0 Å². The fourth-order valence-corrected chi connectivity index (χ4v) is 2.84. The molecule has 0 amide bonds. The number of nitrogens with two attached hydrogens (primary N) is 1. The fraction of sp³-hybridized carbons (Fsp3) is 0.692. The standard InChI is InChI=1S/C13H25N5S/c1-6-13(7-2,19-5)8-15-11-9(3)12(18-14)17-10(4)16-11/h6-8,14H2,1-5H3,(H2,15,16,17,18). The Morgan fingerprint density at radius 1 is 1.16 bits per heavy atom. The third-order valence-electron chi connectivity index (χ3n) is 3.69. The van der Waals surface area contributed by atoms with E-state index in [4.69, 9.17) is 5.84 Å². The largest absolute Gasteiger partial charge is 0.368 e. The Morgan fingerprint density at radius 2 is 1.74 bits per heavy atom. The summed E-state index contributed by atoms with van der Waals surface area (Å²) in [5, 5.41) is 3.45. The third kappa shape index (κ3) is 3.73. The molecule has 0 saturated carbocycles. The van der Waals surface area contributed by atoms with Crippen LogP contribution in [0.4, 0.5) is 11.6 Å². The molecule has 6 heteroatoms. The molecule has 0 bridgehead atoms. The molecule has 0 aliphatic heterocycles. The van der Waals surface area contributed by atoms with Gasteiger partial charge in [-0.05, 0) is 32.9 Å². The van der Waals surface area contributed by atoms with Gasteiger partial charge >= 0.3 is 0 Å². The van der Waals surface area contributed by atoms with Crippen LogP contribution in [0, 0.1) is 13.8 Å². The van der Waals surface area contributed by atoms with Gasteiger partial charge in [-0.15, -0.1) is 0 Å². The van der Waals surface area contributed by atoms with Crippen molar-refractivity contribution in [2.24, 2.45) is 5.84 Å². The Bertz CT molecular complexity index is 409. The molecule has 5 nitrogen and oxygen atoms in total. The highest BCUT2D eigenvalue weighted by molar-refractivity contribution is 8.00. The van der Waals surface area contributed by atoms with Gasteiger partial charge in [0.05, 0.1) is 0 Å². The van der Waals surface area contributed by atoms with E-state index < -0.39 is 0 Å². The molecule has 19 heavy (non-hydrogen) atoms. The van der Waals surface area contributed by atoms with Crippen molar-refractivity contribution >= 4 is 23.4 Å². The monoisotopic (exact) mass is 283 g/mol. The van der Waals surface area contributed by atoms with Gasteiger partial charge in [0.2, 0.25) is 0 Å². The number of hydrazine groups is 1. The molecule has 108 valence electrons. The first-order chi connectivity index (χ1) is 9.01. The fourth-order valence-electron chi connectivity index (χ4n) is 2.05. The van der Waals surface area contributed by atoms with Crippen LogP contribution in [0.25, 0.3) is 0 Å². The van der Waals surface area contributed by atoms with Gasteiger partial charge in [-0.1, -0.05) is 13.8 Å². The van der Waals surface area contributed by atoms with Gasteiger partial charge in [0, 0.05) is 16.9 Å². The van der Waals surface area contributed by atoms with E-state index in [1.54, 1.807) is 0 Å². The zero-order valence-electron chi connectivity index (χ0n) is 12.5. The van der Waals surface area contributed by atoms with Crippen LogP contribution in [0.2, 0.25) is 0 Å². The maximum Gasteiger partial charge on any atom is 0.148 e. The molecule has 0 radical (unpaired) electrons. The molecule has 0 aromatic carbocycles. The van der Waals surface area contributed by atoms with Crippen molar-refractivity contribution in [3.63, 3.8) is 0 Å². The summed E-state index contributed by atoms with van der Waals surface area (Å²) in [6, 6.07) is 0. The van der Waals surface area contributed by atoms with Gasteiger partial charge in [0.1, 0.15) is 17.5 Å². The van der Waals surface area contributed by atoms with Crippen molar-refractivity contribution in [3.05, 3.63) is 11.4 Å². The lowest BCUT2D eigenvalue weighted by atomic mass is 10.0. The van der Waals surface area contributed by atoms with Crippen molar-refractivity contribution in [2.45, 2.75) is 45.3 Å². The van der Waals surface area contributed by atoms with E-state index in [1.165, 1.54) is 0 Å². The average molecular weight is 283 g/mol. The molecule has 1 rings (SSSR count). The van der Waals surface area contributed by atoms with Crippen molar-refractivity contribution in [2.75, 3.05) is 23.5 Å². The lowest BCUT2D eigenvalue weighted by Gasteiger charge is -2.30. The lowest BCUT2D eigenvalue weighted by molar-refractivity contribution is 0.573. The summed E-state index contributed by atoms with van der Waals surface area (Å²) < 4.78 is 0.252. The van der Waals surface area contributed by atoms with E-state index in [0.29, 0.717) is 11.6 Å². The minimum atomic E-state index is 0.252. The van der Waals surface area contributed by atoms with Crippen LogP contribution in [-0.4, -0.2) is 27.5 Å². The van der Waals surface area contributed by atoms with E-state index >= 15 is 0 Å². The molecular weight excluding hydrogens is 258 g/mol. The van der Waals surface area contributed by atoms with Crippen molar-refractivity contribution in [1.82, 2.24) is 9.97 Å².